The first-order chi connectivity index (χ1) is 15.2. The van der Waals surface area contributed by atoms with E-state index >= 15 is 0 Å². The van der Waals surface area contributed by atoms with Crippen molar-refractivity contribution >= 4 is 11.8 Å². The van der Waals surface area contributed by atoms with Crippen molar-refractivity contribution in [3.8, 4) is 0 Å². The number of amides is 2. The van der Waals surface area contributed by atoms with Gasteiger partial charge in [0.25, 0.3) is 0 Å². The Morgan fingerprint density at radius 3 is 2.18 bits per heavy atom. The number of piperidine rings is 2. The number of carbonyl (C=O) groups is 2. The third-order valence-electron chi connectivity index (χ3n) is 7.38. The van der Waals surface area contributed by atoms with E-state index in [-0.39, 0.29) is 17.7 Å². The molecule has 2 fully saturated rings. The van der Waals surface area contributed by atoms with Crippen molar-refractivity contribution in [3.05, 3.63) is 59.8 Å². The van der Waals surface area contributed by atoms with Gasteiger partial charge in [-0.25, -0.2) is 0 Å². The fourth-order valence-corrected chi connectivity index (χ4v) is 5.67. The lowest BCUT2D eigenvalue weighted by molar-refractivity contribution is -0.168. The summed E-state index contributed by atoms with van der Waals surface area (Å²) in [6.07, 6.45) is 8.40. The van der Waals surface area contributed by atoms with Gasteiger partial charge in [0, 0.05) is 30.3 Å². The van der Waals surface area contributed by atoms with Crippen LogP contribution in [0.3, 0.4) is 0 Å². The number of imide groups is 1. The molecule has 0 aromatic rings. The molecule has 0 saturated carbocycles. The van der Waals surface area contributed by atoms with Gasteiger partial charge in [0.15, 0.2) is 0 Å². The second kappa shape index (κ2) is 9.94. The van der Waals surface area contributed by atoms with Gasteiger partial charge in [-0.3, -0.25) is 14.9 Å². The smallest absolute Gasteiger partial charge is 0.234 e. The molecule has 2 aliphatic heterocycles. The van der Waals surface area contributed by atoms with Crippen LogP contribution in [-0.2, 0) is 9.59 Å². The number of likely N-dealkylation sites (tertiary alicyclic amines) is 1. The van der Waals surface area contributed by atoms with Crippen molar-refractivity contribution in [3.63, 3.8) is 0 Å². The third kappa shape index (κ3) is 5.15. The highest BCUT2D eigenvalue weighted by molar-refractivity contribution is 6.00. The Kier molecular flexibility index (Phi) is 8.14. The molecule has 33 heavy (non-hydrogen) atoms. The molecule has 0 bridgehead atoms. The Labute approximate surface area is 200 Å². The zero-order valence-corrected chi connectivity index (χ0v) is 21.5. The van der Waals surface area contributed by atoms with Gasteiger partial charge in [-0.2, -0.15) is 0 Å². The molecule has 5 nitrogen and oxygen atoms in total. The van der Waals surface area contributed by atoms with Gasteiger partial charge in [0.2, 0.25) is 11.8 Å². The van der Waals surface area contributed by atoms with E-state index < -0.39 is 16.4 Å². The predicted octanol–water partition coefficient (Wildman–Crippen LogP) is 4.72. The Balaban J connectivity index is 2.58. The average molecular weight is 455 g/mol. The lowest BCUT2D eigenvalue weighted by atomic mass is 9.55. The molecule has 0 aromatic heterocycles. The van der Waals surface area contributed by atoms with Gasteiger partial charge in [0.1, 0.15) is 5.60 Å². The zero-order valence-electron chi connectivity index (χ0n) is 21.5. The molecule has 1 atom stereocenters. The van der Waals surface area contributed by atoms with Gasteiger partial charge in [-0.15, -0.1) is 0 Å². The fourth-order valence-electron chi connectivity index (χ4n) is 5.67. The van der Waals surface area contributed by atoms with Crippen LogP contribution in [0.1, 0.15) is 61.3 Å². The van der Waals surface area contributed by atoms with Crippen molar-refractivity contribution in [1.29, 1.82) is 0 Å². The summed E-state index contributed by atoms with van der Waals surface area (Å²) in [4.78, 5) is 26.4. The van der Waals surface area contributed by atoms with Crippen LogP contribution in [0.15, 0.2) is 59.8 Å². The summed E-state index contributed by atoms with van der Waals surface area (Å²) in [5.41, 5.74) is 1.29. The Bertz CT molecular complexity index is 899. The number of hydrogen-bond acceptors (Lipinski definition) is 4. The summed E-state index contributed by atoms with van der Waals surface area (Å²) in [6, 6.07) is 0. The largest absolute Gasteiger partial charge is 0.384 e. The highest BCUT2D eigenvalue weighted by Gasteiger charge is 2.59. The van der Waals surface area contributed by atoms with Crippen molar-refractivity contribution in [1.82, 2.24) is 10.2 Å². The van der Waals surface area contributed by atoms with E-state index in [4.69, 9.17) is 0 Å². The molecule has 182 valence electrons. The lowest BCUT2D eigenvalue weighted by Crippen LogP contribution is -2.67. The lowest BCUT2D eigenvalue weighted by Gasteiger charge is -2.60. The van der Waals surface area contributed by atoms with Crippen molar-refractivity contribution in [2.24, 2.45) is 16.7 Å². The molecular formula is C28H42N2O3. The van der Waals surface area contributed by atoms with Crippen LogP contribution in [0.5, 0.6) is 0 Å². The molecular weight excluding hydrogens is 412 g/mol. The number of aliphatic hydroxyl groups is 1. The Hall–Kier alpha value is -2.24. The molecule has 0 aromatic carbocycles. The maximum Gasteiger partial charge on any atom is 0.234 e. The van der Waals surface area contributed by atoms with Crippen LogP contribution in [0.25, 0.3) is 0 Å². The topological polar surface area (TPSA) is 69.6 Å². The SMILES string of the molecule is C=C\C(=C/C(=C/C(=C\C)C1CCC(=O)NC1=O)C(=C)C)C1(O)C(C)(C)CN(CC)CC1(C)C. The van der Waals surface area contributed by atoms with Gasteiger partial charge in [0.05, 0.1) is 5.92 Å². The number of allylic oxidation sites excluding steroid dienone is 5. The van der Waals surface area contributed by atoms with E-state index in [9.17, 15) is 14.7 Å². The zero-order chi connectivity index (χ0) is 25.2. The van der Waals surface area contributed by atoms with E-state index in [0.29, 0.717) is 12.8 Å². The molecule has 0 spiro atoms. The van der Waals surface area contributed by atoms with Crippen LogP contribution < -0.4 is 5.32 Å². The first-order valence-electron chi connectivity index (χ1n) is 11.9. The molecule has 2 aliphatic rings. The second-order valence-electron chi connectivity index (χ2n) is 10.8. The molecule has 0 radical (unpaired) electrons. The molecule has 2 rings (SSSR count). The normalized spacial score (nSPS) is 26.1. The average Bonchev–Trinajstić information content (AvgIpc) is 2.72. The first kappa shape index (κ1) is 27.0. The minimum Gasteiger partial charge on any atom is -0.384 e. The molecule has 2 amide bonds. The fraction of sp³-hybridized carbons (Fsp3) is 0.571. The summed E-state index contributed by atoms with van der Waals surface area (Å²) >= 11 is 0. The number of rotatable bonds is 7. The number of carbonyl (C=O) groups excluding carboxylic acids is 2. The van der Waals surface area contributed by atoms with Crippen LogP contribution in [0, 0.1) is 16.7 Å². The van der Waals surface area contributed by atoms with E-state index in [1.807, 2.05) is 32.1 Å². The second-order valence-corrected chi connectivity index (χ2v) is 10.8. The van der Waals surface area contributed by atoms with Crippen molar-refractivity contribution < 1.29 is 14.7 Å². The molecule has 0 aliphatic carbocycles. The first-order valence-corrected chi connectivity index (χ1v) is 11.9. The quantitative estimate of drug-likeness (QED) is 0.431. The summed E-state index contributed by atoms with van der Waals surface area (Å²) in [7, 11) is 0. The third-order valence-corrected chi connectivity index (χ3v) is 7.38. The number of nitrogens with zero attached hydrogens (tertiary/aromatic N) is 1. The maximum atomic E-state index is 12.5. The van der Waals surface area contributed by atoms with Crippen LogP contribution in [-0.4, -0.2) is 47.1 Å². The summed E-state index contributed by atoms with van der Waals surface area (Å²) in [5.74, 6) is -0.876. The minimum absolute atomic E-state index is 0.227. The summed E-state index contributed by atoms with van der Waals surface area (Å²) < 4.78 is 0. The summed E-state index contributed by atoms with van der Waals surface area (Å²) in [6.45, 7) is 25.1. The van der Waals surface area contributed by atoms with Gasteiger partial charge in [-0.05, 0) is 49.6 Å². The van der Waals surface area contributed by atoms with Gasteiger partial charge in [-0.1, -0.05) is 71.6 Å². The molecule has 2 heterocycles. The van der Waals surface area contributed by atoms with E-state index in [0.717, 1.165) is 41.9 Å². The van der Waals surface area contributed by atoms with Gasteiger partial charge < -0.3 is 10.0 Å². The van der Waals surface area contributed by atoms with Crippen LogP contribution in [0.4, 0.5) is 0 Å². The predicted molar refractivity (Wildman–Crippen MR) is 135 cm³/mol. The highest BCUT2D eigenvalue weighted by atomic mass is 16.3. The molecule has 1 unspecified atom stereocenters. The highest BCUT2D eigenvalue weighted by Crippen LogP contribution is 2.53. The van der Waals surface area contributed by atoms with Crippen LogP contribution >= 0.6 is 0 Å². The molecule has 2 N–H and O–H groups in total. The van der Waals surface area contributed by atoms with Crippen molar-refractivity contribution in [2.75, 3.05) is 19.6 Å². The van der Waals surface area contributed by atoms with E-state index in [2.05, 4.69) is 58.0 Å². The maximum absolute atomic E-state index is 12.5. The monoisotopic (exact) mass is 454 g/mol. The van der Waals surface area contributed by atoms with E-state index in [1.54, 1.807) is 6.08 Å². The van der Waals surface area contributed by atoms with Crippen molar-refractivity contribution in [2.45, 2.75) is 66.9 Å². The van der Waals surface area contributed by atoms with Gasteiger partial charge >= 0.3 is 0 Å². The number of hydrogen-bond donors (Lipinski definition) is 2. The minimum atomic E-state index is -1.12. The van der Waals surface area contributed by atoms with E-state index in [1.165, 1.54) is 0 Å². The number of nitrogens with one attached hydrogen (secondary N) is 1. The van der Waals surface area contributed by atoms with Crippen LogP contribution in [0.2, 0.25) is 0 Å². The summed E-state index contributed by atoms with van der Waals surface area (Å²) in [5, 5.41) is 14.7. The Morgan fingerprint density at radius 2 is 1.76 bits per heavy atom. The standard InChI is InChI=1S/C28H42N2O3/c1-10-20(23-13-14-24(31)29-25(23)32)15-21(19(4)5)16-22(11-2)28(33)26(6,7)17-30(12-3)18-27(28,8)9/h10-11,15-16,23,33H,2,4,12-14,17-18H2,1,3,5-9H3,(H,29,31,32)/b20-10+,21-15-,22-16+. The molecule has 2 saturated heterocycles. The molecule has 5 heteroatoms. The Morgan fingerprint density at radius 1 is 1.18 bits per heavy atom.